The number of aromatic nitrogens is 1. The fraction of sp³-hybridized carbons (Fsp3) is 0.227. The fourth-order valence-electron chi connectivity index (χ4n) is 3.03. The monoisotopic (exact) mass is 424 g/mol. The summed E-state index contributed by atoms with van der Waals surface area (Å²) in [6.45, 7) is 8.09. The van der Waals surface area contributed by atoms with E-state index in [9.17, 15) is 4.79 Å². The summed E-state index contributed by atoms with van der Waals surface area (Å²) in [7, 11) is 0. The molecule has 29 heavy (non-hydrogen) atoms. The van der Waals surface area contributed by atoms with Gasteiger partial charge in [0.1, 0.15) is 0 Å². The zero-order chi connectivity index (χ0) is 20.8. The lowest BCUT2D eigenvalue weighted by atomic mass is 10.1. The Labute approximate surface area is 180 Å². The van der Waals surface area contributed by atoms with Gasteiger partial charge in [-0.15, -0.1) is 11.3 Å². The second-order valence-corrected chi connectivity index (χ2v) is 8.03. The number of hydrogen-bond donors (Lipinski definition) is 2. The molecule has 3 rings (SSSR count). The molecule has 3 aromatic rings. The smallest absolute Gasteiger partial charge is 0.257 e. The minimum Gasteiger partial charge on any atom is -0.372 e. The van der Waals surface area contributed by atoms with Gasteiger partial charge in [-0.2, -0.15) is 0 Å². The maximum absolute atomic E-state index is 12.5. The van der Waals surface area contributed by atoms with Gasteiger partial charge in [-0.05, 0) is 57.3 Å². The Morgan fingerprint density at radius 2 is 1.72 bits per heavy atom. The number of benzene rings is 2. The fourth-order valence-corrected chi connectivity index (χ4v) is 4.12. The second-order valence-electron chi connectivity index (χ2n) is 6.42. The van der Waals surface area contributed by atoms with Gasteiger partial charge in [0, 0.05) is 34.8 Å². The molecule has 1 amide bonds. The minimum absolute atomic E-state index is 0.233. The van der Waals surface area contributed by atoms with Gasteiger partial charge in [0.15, 0.2) is 10.2 Å². The summed E-state index contributed by atoms with van der Waals surface area (Å²) in [5.74, 6) is -0.245. The number of thiocarbonyl (C=S) groups is 1. The Kier molecular flexibility index (Phi) is 6.95. The highest BCUT2D eigenvalue weighted by atomic mass is 32.1. The SMILES string of the molecule is CCN(CC)c1ccc(C(=O)NC(=S)Nc2nc(-c3ccccc3)c(C)s2)cc1. The van der Waals surface area contributed by atoms with Crippen LogP contribution in [-0.2, 0) is 0 Å². The van der Waals surface area contributed by atoms with E-state index in [-0.39, 0.29) is 11.0 Å². The number of amides is 1. The number of thiazole rings is 1. The summed E-state index contributed by atoms with van der Waals surface area (Å²) >= 11 is 6.81. The molecule has 0 aliphatic rings. The van der Waals surface area contributed by atoms with Gasteiger partial charge >= 0.3 is 0 Å². The van der Waals surface area contributed by atoms with Gasteiger partial charge < -0.3 is 10.2 Å². The molecule has 2 N–H and O–H groups in total. The van der Waals surface area contributed by atoms with Gasteiger partial charge in [-0.25, -0.2) is 4.98 Å². The number of carbonyl (C=O) groups is 1. The average Bonchev–Trinajstić information content (AvgIpc) is 3.09. The van der Waals surface area contributed by atoms with Gasteiger partial charge in [0.2, 0.25) is 0 Å². The third-order valence-electron chi connectivity index (χ3n) is 4.55. The average molecular weight is 425 g/mol. The van der Waals surface area contributed by atoms with Crippen molar-refractivity contribution in [3.05, 3.63) is 65.0 Å². The summed E-state index contributed by atoms with van der Waals surface area (Å²) in [6, 6.07) is 17.5. The number of nitrogens with one attached hydrogen (secondary N) is 2. The first-order valence-corrected chi connectivity index (χ1v) is 10.7. The van der Waals surface area contributed by atoms with Crippen molar-refractivity contribution in [2.45, 2.75) is 20.8 Å². The molecule has 1 heterocycles. The maximum atomic E-state index is 12.5. The Morgan fingerprint density at radius 3 is 2.34 bits per heavy atom. The number of rotatable bonds is 6. The van der Waals surface area contributed by atoms with Crippen molar-refractivity contribution in [2.75, 3.05) is 23.3 Å². The van der Waals surface area contributed by atoms with Gasteiger partial charge in [-0.1, -0.05) is 30.3 Å². The van der Waals surface area contributed by atoms with Crippen molar-refractivity contribution in [3.63, 3.8) is 0 Å². The minimum atomic E-state index is -0.245. The standard InChI is InChI=1S/C22H24N4OS2/c1-4-26(5-2)18-13-11-17(12-14-18)20(27)24-21(28)25-22-23-19(15(3)29-22)16-9-7-6-8-10-16/h6-14H,4-5H2,1-3H3,(H2,23,24,25,27,28). The van der Waals surface area contributed by atoms with Crippen LogP contribution in [0.2, 0.25) is 0 Å². The summed E-state index contributed by atoms with van der Waals surface area (Å²) in [4.78, 5) is 20.4. The first-order valence-electron chi connectivity index (χ1n) is 9.52. The van der Waals surface area contributed by atoms with Gasteiger partial charge in [0.25, 0.3) is 5.91 Å². The Balaban J connectivity index is 1.63. The van der Waals surface area contributed by atoms with E-state index in [0.717, 1.165) is 34.9 Å². The van der Waals surface area contributed by atoms with Crippen molar-refractivity contribution >= 4 is 45.4 Å². The van der Waals surface area contributed by atoms with Crippen molar-refractivity contribution in [3.8, 4) is 11.3 Å². The van der Waals surface area contributed by atoms with Gasteiger partial charge in [0.05, 0.1) is 5.69 Å². The van der Waals surface area contributed by atoms with Crippen LogP contribution in [0.25, 0.3) is 11.3 Å². The Morgan fingerprint density at radius 1 is 1.07 bits per heavy atom. The molecule has 5 nitrogen and oxygen atoms in total. The quantitative estimate of drug-likeness (QED) is 0.540. The number of hydrogen-bond acceptors (Lipinski definition) is 5. The van der Waals surface area contributed by atoms with Gasteiger partial charge in [-0.3, -0.25) is 10.1 Å². The molecular formula is C22H24N4OS2. The molecule has 0 spiro atoms. The van der Waals surface area contributed by atoms with Crippen LogP contribution >= 0.6 is 23.6 Å². The largest absolute Gasteiger partial charge is 0.372 e. The molecule has 7 heteroatoms. The van der Waals surface area contributed by atoms with Crippen LogP contribution in [0.1, 0.15) is 29.1 Å². The molecule has 150 valence electrons. The number of anilines is 2. The number of carbonyl (C=O) groups excluding carboxylic acids is 1. The summed E-state index contributed by atoms with van der Waals surface area (Å²) in [5.41, 5.74) is 3.63. The highest BCUT2D eigenvalue weighted by Gasteiger charge is 2.13. The van der Waals surface area contributed by atoms with E-state index in [1.165, 1.54) is 11.3 Å². The van der Waals surface area contributed by atoms with Crippen LogP contribution in [-0.4, -0.2) is 29.1 Å². The third-order valence-corrected chi connectivity index (χ3v) is 5.64. The van der Waals surface area contributed by atoms with Crippen molar-refractivity contribution in [2.24, 2.45) is 0 Å². The highest BCUT2D eigenvalue weighted by molar-refractivity contribution is 7.80. The van der Waals surface area contributed by atoms with E-state index in [2.05, 4.69) is 34.4 Å². The van der Waals surface area contributed by atoms with Crippen LogP contribution < -0.4 is 15.5 Å². The van der Waals surface area contributed by atoms with E-state index in [4.69, 9.17) is 12.2 Å². The van der Waals surface area contributed by atoms with E-state index in [0.29, 0.717) is 10.7 Å². The first kappa shape index (κ1) is 21.0. The van der Waals surface area contributed by atoms with E-state index in [1.54, 1.807) is 0 Å². The van der Waals surface area contributed by atoms with Crippen LogP contribution in [0.15, 0.2) is 54.6 Å². The Bertz CT molecular complexity index is 980. The molecule has 0 radical (unpaired) electrons. The van der Waals surface area contributed by atoms with E-state index in [1.807, 2.05) is 61.5 Å². The zero-order valence-electron chi connectivity index (χ0n) is 16.7. The lowest BCUT2D eigenvalue weighted by Gasteiger charge is -2.21. The van der Waals surface area contributed by atoms with Crippen molar-refractivity contribution in [1.82, 2.24) is 10.3 Å². The summed E-state index contributed by atoms with van der Waals surface area (Å²) in [5, 5.41) is 6.63. The van der Waals surface area contributed by atoms with Crippen LogP contribution in [0.5, 0.6) is 0 Å². The Hall–Kier alpha value is -2.77. The maximum Gasteiger partial charge on any atom is 0.257 e. The molecule has 0 saturated heterocycles. The van der Waals surface area contributed by atoms with E-state index >= 15 is 0 Å². The van der Waals surface area contributed by atoms with E-state index < -0.39 is 0 Å². The first-order chi connectivity index (χ1) is 14.0. The molecule has 0 unspecified atom stereocenters. The number of nitrogens with zero attached hydrogens (tertiary/aromatic N) is 2. The molecule has 2 aromatic carbocycles. The predicted octanol–water partition coefficient (Wildman–Crippen LogP) is 5.09. The summed E-state index contributed by atoms with van der Waals surface area (Å²) < 4.78 is 0. The molecule has 0 fully saturated rings. The van der Waals surface area contributed by atoms with Crippen molar-refractivity contribution < 1.29 is 4.79 Å². The molecule has 0 aliphatic heterocycles. The lowest BCUT2D eigenvalue weighted by Crippen LogP contribution is -2.34. The second kappa shape index (κ2) is 9.62. The molecule has 1 aromatic heterocycles. The zero-order valence-corrected chi connectivity index (χ0v) is 18.4. The third kappa shape index (κ3) is 5.19. The summed E-state index contributed by atoms with van der Waals surface area (Å²) in [6.07, 6.45) is 0. The van der Waals surface area contributed by atoms with Crippen molar-refractivity contribution in [1.29, 1.82) is 0 Å². The predicted molar refractivity (Wildman–Crippen MR) is 126 cm³/mol. The normalized spacial score (nSPS) is 10.4. The molecule has 0 bridgehead atoms. The highest BCUT2D eigenvalue weighted by Crippen LogP contribution is 2.30. The van der Waals surface area contributed by atoms with Crippen LogP contribution in [0.4, 0.5) is 10.8 Å². The molecular weight excluding hydrogens is 400 g/mol. The van der Waals surface area contributed by atoms with Crippen LogP contribution in [0.3, 0.4) is 0 Å². The number of aryl methyl sites for hydroxylation is 1. The molecule has 0 atom stereocenters. The topological polar surface area (TPSA) is 57.3 Å². The lowest BCUT2D eigenvalue weighted by molar-refractivity contribution is 0.0978. The molecule has 0 saturated carbocycles. The molecule has 0 aliphatic carbocycles. The van der Waals surface area contributed by atoms with Crippen LogP contribution in [0, 0.1) is 6.92 Å².